The minimum Gasteiger partial charge on any atom is -0.497 e. The van der Waals surface area contributed by atoms with Gasteiger partial charge >= 0.3 is 5.97 Å². The van der Waals surface area contributed by atoms with Crippen LogP contribution in [0, 0.1) is 28.7 Å². The molecule has 11 heteroatoms. The molecule has 3 aromatic rings. The number of piperidine rings is 1. The number of aliphatic hydroxyl groups excluding tert-OH is 1. The molecule has 1 aliphatic rings. The number of carbonyl (C=O) groups is 1. The first-order valence-corrected chi connectivity index (χ1v) is 13.6. The Morgan fingerprint density at radius 2 is 1.90 bits per heavy atom. The minimum atomic E-state index is -1.23. The van der Waals surface area contributed by atoms with E-state index in [1.165, 1.54) is 7.11 Å². The maximum absolute atomic E-state index is 14.8. The summed E-state index contributed by atoms with van der Waals surface area (Å²) in [5.41, 5.74) is 0.0454. The first-order valence-electron chi connectivity index (χ1n) is 12.6. The number of ether oxygens (including phenoxy) is 1. The predicted molar refractivity (Wildman–Crippen MR) is 140 cm³/mol. The van der Waals surface area contributed by atoms with E-state index in [-0.39, 0.29) is 23.3 Å². The number of methoxy groups -OCH3 is 1. The summed E-state index contributed by atoms with van der Waals surface area (Å²) in [6.07, 6.45) is 1.47. The standard InChI is InChI=1S/C28H30F4N2O4S/c1-38-18-2-3-22-19(14-18)26(21(31)16-33-22)23(35)4-5-28(15-25(36)37)6-8-34(9-7-28)10-11-39-24-13-17(29)12-20(30)27(24)32/h2-3,12-14,16,23,35H,4-11,15H2,1H3,(H,36,37)/t23-/m1/s1. The Hall–Kier alpha value is -2.89. The maximum Gasteiger partial charge on any atom is 0.303 e. The Balaban J connectivity index is 1.39. The second-order valence-corrected chi connectivity index (χ2v) is 11.1. The summed E-state index contributed by atoms with van der Waals surface area (Å²) in [6, 6.07) is 6.48. The molecule has 4 rings (SSSR count). The highest BCUT2D eigenvalue weighted by atomic mass is 32.2. The van der Waals surface area contributed by atoms with Gasteiger partial charge in [0.25, 0.3) is 0 Å². The highest BCUT2D eigenvalue weighted by Crippen LogP contribution is 2.42. The molecular formula is C28H30F4N2O4S. The number of carboxylic acid groups (broad SMARTS) is 1. The van der Waals surface area contributed by atoms with Crippen LogP contribution < -0.4 is 4.74 Å². The van der Waals surface area contributed by atoms with Crippen LogP contribution in [0.15, 0.2) is 41.4 Å². The largest absolute Gasteiger partial charge is 0.497 e. The Morgan fingerprint density at radius 3 is 2.59 bits per heavy atom. The fourth-order valence-corrected chi connectivity index (χ4v) is 6.22. The number of likely N-dealkylation sites (tertiary alicyclic amines) is 1. The van der Waals surface area contributed by atoms with Gasteiger partial charge in [0, 0.05) is 34.2 Å². The highest BCUT2D eigenvalue weighted by molar-refractivity contribution is 7.99. The molecule has 1 saturated heterocycles. The lowest BCUT2D eigenvalue weighted by molar-refractivity contribution is -0.141. The summed E-state index contributed by atoms with van der Waals surface area (Å²) in [7, 11) is 1.49. The lowest BCUT2D eigenvalue weighted by atomic mass is 9.71. The van der Waals surface area contributed by atoms with E-state index in [2.05, 4.69) is 9.88 Å². The molecule has 1 aromatic heterocycles. The Morgan fingerprint density at radius 1 is 1.15 bits per heavy atom. The van der Waals surface area contributed by atoms with Gasteiger partial charge in [-0.2, -0.15) is 0 Å². The summed E-state index contributed by atoms with van der Waals surface area (Å²) in [5.74, 6) is -3.82. The SMILES string of the molecule is COc1ccc2ncc(F)c([C@H](O)CCC3(CC(=O)O)CCN(CCSc4cc(F)cc(F)c4F)CC3)c2c1. The third-order valence-corrected chi connectivity index (χ3v) is 8.41. The van der Waals surface area contributed by atoms with Crippen LogP contribution in [0.25, 0.3) is 10.9 Å². The van der Waals surface area contributed by atoms with Crippen LogP contribution in [0.4, 0.5) is 17.6 Å². The molecule has 39 heavy (non-hydrogen) atoms. The molecule has 0 bridgehead atoms. The number of hydrogen-bond donors (Lipinski definition) is 2. The monoisotopic (exact) mass is 566 g/mol. The van der Waals surface area contributed by atoms with Crippen molar-refractivity contribution >= 4 is 28.6 Å². The number of halogens is 4. The van der Waals surface area contributed by atoms with Crippen LogP contribution in [-0.4, -0.2) is 58.6 Å². The Bertz CT molecular complexity index is 1330. The molecule has 0 spiro atoms. The normalized spacial score (nSPS) is 16.4. The van der Waals surface area contributed by atoms with Gasteiger partial charge in [-0.25, -0.2) is 17.6 Å². The number of aliphatic hydroxyl groups is 1. The molecule has 1 fully saturated rings. The third-order valence-electron chi connectivity index (χ3n) is 7.42. The molecule has 1 atom stereocenters. The first-order chi connectivity index (χ1) is 18.6. The van der Waals surface area contributed by atoms with Crippen LogP contribution in [-0.2, 0) is 4.79 Å². The van der Waals surface area contributed by atoms with Crippen LogP contribution in [0.3, 0.4) is 0 Å². The molecule has 0 radical (unpaired) electrons. The zero-order valence-electron chi connectivity index (χ0n) is 21.4. The topological polar surface area (TPSA) is 82.9 Å². The smallest absolute Gasteiger partial charge is 0.303 e. The van der Waals surface area contributed by atoms with E-state index in [9.17, 15) is 32.6 Å². The Kier molecular flexibility index (Phi) is 9.35. The number of thioether (sulfide) groups is 1. The maximum atomic E-state index is 14.8. The lowest BCUT2D eigenvalue weighted by Crippen LogP contribution is -2.42. The van der Waals surface area contributed by atoms with E-state index < -0.39 is 40.8 Å². The van der Waals surface area contributed by atoms with Crippen LogP contribution >= 0.6 is 11.8 Å². The van der Waals surface area contributed by atoms with Gasteiger partial charge in [-0.1, -0.05) is 0 Å². The molecule has 2 heterocycles. The zero-order chi connectivity index (χ0) is 28.2. The molecule has 1 aliphatic heterocycles. The van der Waals surface area contributed by atoms with Crippen molar-refractivity contribution in [2.24, 2.45) is 5.41 Å². The van der Waals surface area contributed by atoms with E-state index in [1.54, 1.807) is 18.2 Å². The number of pyridine rings is 1. The predicted octanol–water partition coefficient (Wildman–Crippen LogP) is 5.96. The van der Waals surface area contributed by atoms with Gasteiger partial charge in [0.2, 0.25) is 0 Å². The van der Waals surface area contributed by atoms with E-state index >= 15 is 0 Å². The van der Waals surface area contributed by atoms with Crippen LogP contribution in [0.2, 0.25) is 0 Å². The van der Waals surface area contributed by atoms with Crippen LogP contribution in [0.1, 0.15) is 43.8 Å². The summed E-state index contributed by atoms with van der Waals surface area (Å²) < 4.78 is 60.8. The lowest BCUT2D eigenvalue weighted by Gasteiger charge is -2.41. The first kappa shape index (κ1) is 29.1. The van der Waals surface area contributed by atoms with Gasteiger partial charge in [0.05, 0.1) is 31.3 Å². The van der Waals surface area contributed by atoms with Crippen molar-refractivity contribution in [1.82, 2.24) is 9.88 Å². The number of rotatable bonds is 11. The molecule has 0 saturated carbocycles. The van der Waals surface area contributed by atoms with Crippen LogP contribution in [0.5, 0.6) is 5.75 Å². The number of aliphatic carboxylic acids is 1. The van der Waals surface area contributed by atoms with Crippen molar-refractivity contribution in [3.05, 3.63) is 65.4 Å². The molecular weight excluding hydrogens is 536 g/mol. The number of aromatic nitrogens is 1. The van der Waals surface area contributed by atoms with E-state index in [4.69, 9.17) is 4.74 Å². The molecule has 2 aromatic carbocycles. The second-order valence-electron chi connectivity index (χ2n) is 9.92. The fraction of sp³-hybridized carbons (Fsp3) is 0.429. The molecule has 0 unspecified atom stereocenters. The summed E-state index contributed by atoms with van der Waals surface area (Å²) in [6.45, 7) is 1.69. The molecule has 6 nitrogen and oxygen atoms in total. The van der Waals surface area contributed by atoms with Crippen molar-refractivity contribution in [3.63, 3.8) is 0 Å². The van der Waals surface area contributed by atoms with Gasteiger partial charge in [0.1, 0.15) is 17.4 Å². The van der Waals surface area contributed by atoms with Gasteiger partial charge in [0.15, 0.2) is 11.6 Å². The van der Waals surface area contributed by atoms with Gasteiger partial charge in [-0.15, -0.1) is 11.8 Å². The number of carboxylic acids is 1. The van der Waals surface area contributed by atoms with Crippen molar-refractivity contribution < 1.29 is 37.3 Å². The third kappa shape index (κ3) is 7.01. The number of benzene rings is 2. The molecule has 2 N–H and O–H groups in total. The van der Waals surface area contributed by atoms with Crippen molar-refractivity contribution in [3.8, 4) is 5.75 Å². The average molecular weight is 567 g/mol. The van der Waals surface area contributed by atoms with E-state index in [0.29, 0.717) is 67.4 Å². The van der Waals surface area contributed by atoms with E-state index in [0.717, 1.165) is 24.0 Å². The summed E-state index contributed by atoms with van der Waals surface area (Å²) >= 11 is 1.02. The highest BCUT2D eigenvalue weighted by Gasteiger charge is 2.37. The number of nitrogens with zero attached hydrogens (tertiary/aromatic N) is 2. The van der Waals surface area contributed by atoms with Crippen molar-refractivity contribution in [2.75, 3.05) is 32.5 Å². The number of hydrogen-bond acceptors (Lipinski definition) is 6. The summed E-state index contributed by atoms with van der Waals surface area (Å²) in [5, 5.41) is 21.1. The minimum absolute atomic E-state index is 0.0799. The molecule has 0 aliphatic carbocycles. The van der Waals surface area contributed by atoms with Gasteiger partial charge in [-0.3, -0.25) is 9.78 Å². The second kappa shape index (κ2) is 12.5. The van der Waals surface area contributed by atoms with Crippen molar-refractivity contribution in [1.29, 1.82) is 0 Å². The molecule has 0 amide bonds. The van der Waals surface area contributed by atoms with Crippen molar-refractivity contribution in [2.45, 2.75) is 43.1 Å². The van der Waals surface area contributed by atoms with Gasteiger partial charge < -0.3 is 19.8 Å². The zero-order valence-corrected chi connectivity index (χ0v) is 22.2. The Labute approximate surface area is 228 Å². The van der Waals surface area contributed by atoms with Gasteiger partial charge in [-0.05, 0) is 68.5 Å². The quantitative estimate of drug-likeness (QED) is 0.168. The summed E-state index contributed by atoms with van der Waals surface area (Å²) in [4.78, 5) is 17.8. The van der Waals surface area contributed by atoms with E-state index in [1.807, 2.05) is 0 Å². The molecule has 210 valence electrons. The number of fused-ring (bicyclic) bond motifs is 1. The fourth-order valence-electron chi connectivity index (χ4n) is 5.23. The average Bonchev–Trinajstić information content (AvgIpc) is 2.90.